The van der Waals surface area contributed by atoms with Crippen LogP contribution in [0.5, 0.6) is 5.75 Å². The molecule has 7 heteroatoms. The van der Waals surface area contributed by atoms with Gasteiger partial charge >= 0.3 is 5.97 Å². The van der Waals surface area contributed by atoms with Crippen molar-refractivity contribution >= 4 is 11.9 Å². The molecular formula is C23H19N3O4. The monoisotopic (exact) mass is 401 g/mol. The van der Waals surface area contributed by atoms with Crippen molar-refractivity contribution in [1.82, 2.24) is 10.3 Å². The van der Waals surface area contributed by atoms with Crippen molar-refractivity contribution in [3.63, 3.8) is 0 Å². The molecule has 0 saturated heterocycles. The van der Waals surface area contributed by atoms with Crippen LogP contribution in [-0.2, 0) is 6.54 Å². The highest BCUT2D eigenvalue weighted by Crippen LogP contribution is 2.25. The maximum Gasteiger partial charge on any atom is 0.339 e. The number of carbonyl (C=O) groups is 2. The van der Waals surface area contributed by atoms with Crippen molar-refractivity contribution in [2.75, 3.05) is 7.11 Å². The van der Waals surface area contributed by atoms with Crippen molar-refractivity contribution in [3.05, 3.63) is 82.7 Å². The van der Waals surface area contributed by atoms with Gasteiger partial charge in [-0.05, 0) is 42.3 Å². The average Bonchev–Trinajstić information content (AvgIpc) is 2.77. The number of benzene rings is 2. The second-order valence-electron chi connectivity index (χ2n) is 6.53. The van der Waals surface area contributed by atoms with Crippen LogP contribution in [0.3, 0.4) is 0 Å². The predicted octanol–water partition coefficient (Wildman–Crippen LogP) is 3.57. The first kappa shape index (κ1) is 20.6. The summed E-state index contributed by atoms with van der Waals surface area (Å²) in [6, 6.07) is 16.2. The minimum absolute atomic E-state index is 0.00147. The van der Waals surface area contributed by atoms with E-state index in [1.54, 1.807) is 31.2 Å². The quantitative estimate of drug-likeness (QED) is 0.653. The van der Waals surface area contributed by atoms with Gasteiger partial charge < -0.3 is 15.2 Å². The van der Waals surface area contributed by atoms with Gasteiger partial charge in [0.15, 0.2) is 5.75 Å². The van der Waals surface area contributed by atoms with Gasteiger partial charge in [0.05, 0.1) is 24.4 Å². The minimum Gasteiger partial charge on any atom is -0.494 e. The number of aromatic carboxylic acids is 1. The number of pyridine rings is 1. The van der Waals surface area contributed by atoms with E-state index >= 15 is 0 Å². The SMILES string of the molecule is COc1c(C)ncc(CNC(=O)c2ccc(-c3ccc(C#N)cc3)cc2)c1C(=O)O. The first-order chi connectivity index (χ1) is 14.4. The zero-order valence-electron chi connectivity index (χ0n) is 16.5. The standard InChI is InChI=1S/C23H19N3O4/c1-14-21(30-2)20(23(28)29)19(12-25-14)13-26-22(27)18-9-7-17(8-10-18)16-5-3-15(11-24)4-6-16/h3-10,12H,13H2,1-2H3,(H,26,27)(H,28,29). The number of nitrogens with one attached hydrogen (secondary N) is 1. The number of carboxylic acid groups (broad SMARTS) is 1. The molecule has 0 saturated carbocycles. The van der Waals surface area contributed by atoms with Crippen molar-refractivity contribution in [2.24, 2.45) is 0 Å². The summed E-state index contributed by atoms with van der Waals surface area (Å²) in [4.78, 5) is 28.3. The fourth-order valence-electron chi connectivity index (χ4n) is 3.07. The molecule has 3 aromatic rings. The van der Waals surface area contributed by atoms with Crippen molar-refractivity contribution in [2.45, 2.75) is 13.5 Å². The van der Waals surface area contributed by atoms with Crippen LogP contribution in [0.2, 0.25) is 0 Å². The molecule has 3 rings (SSSR count). The molecule has 30 heavy (non-hydrogen) atoms. The van der Waals surface area contributed by atoms with Crippen LogP contribution in [0.1, 0.15) is 37.5 Å². The summed E-state index contributed by atoms with van der Waals surface area (Å²) in [5.41, 5.74) is 3.67. The minimum atomic E-state index is -1.15. The summed E-state index contributed by atoms with van der Waals surface area (Å²) in [6.45, 7) is 1.66. The summed E-state index contributed by atoms with van der Waals surface area (Å²) < 4.78 is 5.17. The molecule has 7 nitrogen and oxygen atoms in total. The normalized spacial score (nSPS) is 10.2. The van der Waals surface area contributed by atoms with Gasteiger partial charge in [-0.25, -0.2) is 4.79 Å². The highest BCUT2D eigenvalue weighted by Gasteiger charge is 2.20. The van der Waals surface area contributed by atoms with E-state index in [0.717, 1.165) is 11.1 Å². The van der Waals surface area contributed by atoms with Crippen molar-refractivity contribution in [3.8, 4) is 22.9 Å². The second kappa shape index (κ2) is 8.88. The first-order valence-electron chi connectivity index (χ1n) is 9.09. The van der Waals surface area contributed by atoms with E-state index in [-0.39, 0.29) is 23.8 Å². The van der Waals surface area contributed by atoms with Crippen LogP contribution < -0.4 is 10.1 Å². The van der Waals surface area contributed by atoms with E-state index in [1.807, 2.05) is 24.3 Å². The van der Waals surface area contributed by atoms with Crippen LogP contribution in [0.25, 0.3) is 11.1 Å². The first-order valence-corrected chi connectivity index (χ1v) is 9.09. The molecule has 1 aromatic heterocycles. The van der Waals surface area contributed by atoms with Gasteiger partial charge in [-0.2, -0.15) is 5.26 Å². The fraction of sp³-hybridized carbons (Fsp3) is 0.130. The van der Waals surface area contributed by atoms with Gasteiger partial charge in [-0.1, -0.05) is 24.3 Å². The Morgan fingerprint density at radius 3 is 2.23 bits per heavy atom. The molecule has 2 N–H and O–H groups in total. The molecule has 150 valence electrons. The maximum atomic E-state index is 12.5. The van der Waals surface area contributed by atoms with Crippen molar-refractivity contribution in [1.29, 1.82) is 5.26 Å². The Morgan fingerprint density at radius 2 is 1.70 bits per heavy atom. The van der Waals surface area contributed by atoms with Gasteiger partial charge in [0, 0.05) is 23.9 Å². The molecule has 0 aliphatic rings. The molecule has 2 aromatic carbocycles. The summed E-state index contributed by atoms with van der Waals surface area (Å²) in [5, 5.41) is 21.1. The Kier molecular flexibility index (Phi) is 6.08. The molecule has 0 aliphatic heterocycles. The number of hydrogen-bond acceptors (Lipinski definition) is 5. The molecule has 0 atom stereocenters. The predicted molar refractivity (Wildman–Crippen MR) is 110 cm³/mol. The maximum absolute atomic E-state index is 12.5. The number of carbonyl (C=O) groups excluding carboxylic acids is 1. The van der Waals surface area contributed by atoms with Gasteiger partial charge in [-0.15, -0.1) is 0 Å². The zero-order valence-corrected chi connectivity index (χ0v) is 16.5. The number of ether oxygens (including phenoxy) is 1. The Hall–Kier alpha value is -4.18. The smallest absolute Gasteiger partial charge is 0.339 e. The van der Waals surface area contributed by atoms with E-state index < -0.39 is 5.97 Å². The number of nitrogens with zero attached hydrogens (tertiary/aromatic N) is 2. The summed E-state index contributed by atoms with van der Waals surface area (Å²) >= 11 is 0. The summed E-state index contributed by atoms with van der Waals surface area (Å²) in [5.74, 6) is -1.30. The van der Waals surface area contributed by atoms with Crippen molar-refractivity contribution < 1.29 is 19.4 Å². The van der Waals surface area contributed by atoms with E-state index in [2.05, 4.69) is 16.4 Å². The number of aromatic nitrogens is 1. The van der Waals surface area contributed by atoms with E-state index in [9.17, 15) is 14.7 Å². The van der Waals surface area contributed by atoms with Gasteiger partial charge in [0.25, 0.3) is 5.91 Å². The highest BCUT2D eigenvalue weighted by atomic mass is 16.5. The van der Waals surface area contributed by atoms with Gasteiger partial charge in [0.1, 0.15) is 5.56 Å². The Morgan fingerprint density at radius 1 is 1.10 bits per heavy atom. The lowest BCUT2D eigenvalue weighted by molar-refractivity contribution is 0.0690. The molecule has 1 amide bonds. The largest absolute Gasteiger partial charge is 0.494 e. The molecular weight excluding hydrogens is 382 g/mol. The fourth-order valence-corrected chi connectivity index (χ4v) is 3.07. The second-order valence-corrected chi connectivity index (χ2v) is 6.53. The lowest BCUT2D eigenvalue weighted by Crippen LogP contribution is -2.24. The number of methoxy groups -OCH3 is 1. The topological polar surface area (TPSA) is 112 Å². The molecule has 0 fully saturated rings. The molecule has 0 radical (unpaired) electrons. The van der Waals surface area contributed by atoms with Gasteiger partial charge in [0.2, 0.25) is 0 Å². The molecule has 0 aliphatic carbocycles. The average molecular weight is 401 g/mol. The third kappa shape index (κ3) is 4.28. The van der Waals surface area contributed by atoms with Gasteiger partial charge in [-0.3, -0.25) is 9.78 Å². The Balaban J connectivity index is 1.74. The Bertz CT molecular complexity index is 1130. The molecule has 0 spiro atoms. The van der Waals surface area contributed by atoms with Crippen LogP contribution in [-0.4, -0.2) is 29.1 Å². The highest BCUT2D eigenvalue weighted by molar-refractivity contribution is 5.95. The molecule has 0 unspecified atom stereocenters. The molecule has 1 heterocycles. The number of carboxylic acids is 1. The van der Waals surface area contributed by atoms with Crippen LogP contribution in [0.15, 0.2) is 54.7 Å². The number of nitriles is 1. The summed E-state index contributed by atoms with van der Waals surface area (Å²) in [7, 11) is 1.38. The third-order valence-electron chi connectivity index (χ3n) is 4.64. The lowest BCUT2D eigenvalue weighted by Gasteiger charge is -2.13. The zero-order chi connectivity index (χ0) is 21.7. The number of rotatable bonds is 6. The number of hydrogen-bond donors (Lipinski definition) is 2. The Labute approximate surface area is 173 Å². The van der Waals surface area contributed by atoms with Crippen LogP contribution in [0.4, 0.5) is 0 Å². The number of amides is 1. The van der Waals surface area contributed by atoms with Crippen LogP contribution >= 0.6 is 0 Å². The summed E-state index contributed by atoms with van der Waals surface area (Å²) in [6.07, 6.45) is 1.43. The van der Waals surface area contributed by atoms with E-state index in [4.69, 9.17) is 10.00 Å². The van der Waals surface area contributed by atoms with E-state index in [1.165, 1.54) is 13.3 Å². The van der Waals surface area contributed by atoms with E-state index in [0.29, 0.717) is 22.4 Å². The van der Waals surface area contributed by atoms with Crippen LogP contribution in [0, 0.1) is 18.3 Å². The molecule has 0 bridgehead atoms. The third-order valence-corrected chi connectivity index (χ3v) is 4.64. The lowest BCUT2D eigenvalue weighted by atomic mass is 10.0. The number of aryl methyl sites for hydroxylation is 1.